The number of piperidine rings is 1. The zero-order valence-electron chi connectivity index (χ0n) is 15.6. The normalized spacial score (nSPS) is 14.5. The lowest BCUT2D eigenvalue weighted by molar-refractivity contribution is -0.131. The summed E-state index contributed by atoms with van der Waals surface area (Å²) in [6.45, 7) is 9.50. The van der Waals surface area contributed by atoms with E-state index in [0.717, 1.165) is 44.7 Å². The van der Waals surface area contributed by atoms with Gasteiger partial charge in [-0.2, -0.15) is 0 Å². The number of halogens is 2. The van der Waals surface area contributed by atoms with Crippen molar-refractivity contribution in [1.29, 1.82) is 0 Å². The molecule has 1 aromatic rings. The molecule has 0 spiro atoms. The largest absolute Gasteiger partial charge is 0.342 e. The fourth-order valence-corrected chi connectivity index (χ4v) is 3.41. The maximum absolute atomic E-state index is 12.4. The number of thiazole rings is 1. The van der Waals surface area contributed by atoms with Gasteiger partial charge in [0, 0.05) is 24.4 Å². The molecule has 0 aliphatic carbocycles. The Kier molecular flexibility index (Phi) is 12.1. The second kappa shape index (κ2) is 12.5. The molecule has 0 aromatic carbocycles. The van der Waals surface area contributed by atoms with Gasteiger partial charge in [0.2, 0.25) is 11.8 Å². The first-order chi connectivity index (χ1) is 11.5. The number of nitrogens with zero attached hydrogens (tertiary/aromatic N) is 2. The summed E-state index contributed by atoms with van der Waals surface area (Å²) in [4.78, 5) is 30.4. The number of amides is 2. The van der Waals surface area contributed by atoms with Crippen LogP contribution in [0, 0.1) is 11.8 Å². The van der Waals surface area contributed by atoms with Gasteiger partial charge in [-0.25, -0.2) is 4.98 Å². The molecule has 1 aromatic heterocycles. The summed E-state index contributed by atoms with van der Waals surface area (Å²) in [6.07, 6.45) is 2.43. The first kappa shape index (κ1) is 25.1. The van der Waals surface area contributed by atoms with E-state index in [4.69, 9.17) is 0 Å². The Balaban J connectivity index is 0.00000312. The minimum atomic E-state index is -0.0810. The Morgan fingerprint density at radius 3 is 2.54 bits per heavy atom. The second-order valence-electron chi connectivity index (χ2n) is 6.60. The van der Waals surface area contributed by atoms with Gasteiger partial charge in [-0.15, -0.1) is 36.2 Å². The Morgan fingerprint density at radius 2 is 1.96 bits per heavy atom. The van der Waals surface area contributed by atoms with Gasteiger partial charge < -0.3 is 15.5 Å². The third kappa shape index (κ3) is 7.78. The maximum Gasteiger partial charge on any atom is 0.228 e. The molecule has 1 aliphatic rings. The highest BCUT2D eigenvalue weighted by Gasteiger charge is 2.23. The van der Waals surface area contributed by atoms with Crippen LogP contribution in [-0.2, 0) is 16.0 Å². The number of carbonyl (C=O) groups is 2. The number of likely N-dealkylation sites (tertiary alicyclic amines) is 1. The number of rotatable bonds is 7. The molecule has 2 N–H and O–H groups in total. The maximum atomic E-state index is 12.4. The predicted octanol–water partition coefficient (Wildman–Crippen LogP) is 2.97. The summed E-state index contributed by atoms with van der Waals surface area (Å²) in [7, 11) is 0. The fourth-order valence-electron chi connectivity index (χ4n) is 2.70. The molecule has 1 aliphatic heterocycles. The van der Waals surface area contributed by atoms with E-state index >= 15 is 0 Å². The molecule has 2 heterocycles. The van der Waals surface area contributed by atoms with Gasteiger partial charge in [-0.1, -0.05) is 20.8 Å². The quantitative estimate of drug-likeness (QED) is 0.705. The average molecular weight is 425 g/mol. The van der Waals surface area contributed by atoms with Crippen LogP contribution in [0.3, 0.4) is 0 Å². The van der Waals surface area contributed by atoms with Crippen molar-refractivity contribution < 1.29 is 9.59 Å². The summed E-state index contributed by atoms with van der Waals surface area (Å²) >= 11 is 1.37. The first-order valence-electron chi connectivity index (χ1n) is 8.73. The molecular formula is C17H30Cl2N4O2S. The zero-order chi connectivity index (χ0) is 17.5. The highest BCUT2D eigenvalue weighted by atomic mass is 35.5. The van der Waals surface area contributed by atoms with Crippen molar-refractivity contribution in [3.8, 4) is 0 Å². The van der Waals surface area contributed by atoms with Gasteiger partial charge in [0.05, 0.1) is 12.1 Å². The molecule has 26 heavy (non-hydrogen) atoms. The monoisotopic (exact) mass is 424 g/mol. The molecule has 0 unspecified atom stereocenters. The molecule has 2 amide bonds. The van der Waals surface area contributed by atoms with Crippen molar-refractivity contribution in [1.82, 2.24) is 15.2 Å². The second-order valence-corrected chi connectivity index (χ2v) is 7.45. The lowest BCUT2D eigenvalue weighted by atomic mass is 9.96. The topological polar surface area (TPSA) is 74.3 Å². The smallest absolute Gasteiger partial charge is 0.228 e. The molecule has 0 bridgehead atoms. The highest BCUT2D eigenvalue weighted by molar-refractivity contribution is 7.13. The molecule has 1 saturated heterocycles. The number of carbonyl (C=O) groups excluding carboxylic acids is 2. The number of hydrogen-bond donors (Lipinski definition) is 2. The van der Waals surface area contributed by atoms with Crippen LogP contribution in [0.4, 0.5) is 5.13 Å². The van der Waals surface area contributed by atoms with Crippen LogP contribution >= 0.6 is 36.2 Å². The van der Waals surface area contributed by atoms with Gasteiger partial charge in [-0.3, -0.25) is 9.59 Å². The van der Waals surface area contributed by atoms with Crippen molar-refractivity contribution in [3.05, 3.63) is 11.1 Å². The van der Waals surface area contributed by atoms with Gasteiger partial charge >= 0.3 is 0 Å². The number of aromatic nitrogens is 1. The molecule has 2 rings (SSSR count). The molecule has 0 radical (unpaired) electrons. The van der Waals surface area contributed by atoms with Gasteiger partial charge in [0.15, 0.2) is 5.13 Å². The van der Waals surface area contributed by atoms with Gasteiger partial charge in [0.25, 0.3) is 0 Å². The fraction of sp³-hybridized carbons (Fsp3) is 0.706. The molecule has 1 fully saturated rings. The standard InChI is InChI=1S/C17H28N4O2S.2ClH/c1-4-18-10-13-5-7-21(8-6-13)15(22)9-14-11-24-17(19-14)20-16(23)12(2)3;;/h11-13,18H,4-10H2,1-3H3,(H,19,20,23);2*1H. The summed E-state index contributed by atoms with van der Waals surface area (Å²) in [5.41, 5.74) is 0.735. The van der Waals surface area contributed by atoms with E-state index in [1.165, 1.54) is 11.3 Å². The number of anilines is 1. The van der Waals surface area contributed by atoms with E-state index < -0.39 is 0 Å². The van der Waals surface area contributed by atoms with Crippen LogP contribution in [0.5, 0.6) is 0 Å². The summed E-state index contributed by atoms with van der Waals surface area (Å²) in [6, 6.07) is 0. The minimum Gasteiger partial charge on any atom is -0.342 e. The Morgan fingerprint density at radius 1 is 1.31 bits per heavy atom. The third-order valence-corrected chi connectivity index (χ3v) is 5.10. The Labute approximate surface area is 172 Å². The van der Waals surface area contributed by atoms with Crippen molar-refractivity contribution in [2.45, 2.75) is 40.0 Å². The minimum absolute atomic E-state index is 0. The highest BCUT2D eigenvalue weighted by Crippen LogP contribution is 2.20. The van der Waals surface area contributed by atoms with Crippen LogP contribution in [0.25, 0.3) is 0 Å². The Hall–Kier alpha value is -0.890. The lowest BCUT2D eigenvalue weighted by Gasteiger charge is -2.32. The predicted molar refractivity (Wildman–Crippen MR) is 112 cm³/mol. The third-order valence-electron chi connectivity index (χ3n) is 4.29. The van der Waals surface area contributed by atoms with E-state index in [-0.39, 0.29) is 42.5 Å². The first-order valence-corrected chi connectivity index (χ1v) is 9.61. The van der Waals surface area contributed by atoms with Crippen molar-refractivity contribution in [2.75, 3.05) is 31.5 Å². The van der Waals surface area contributed by atoms with E-state index in [0.29, 0.717) is 17.5 Å². The lowest BCUT2D eigenvalue weighted by Crippen LogP contribution is -2.41. The number of nitrogens with one attached hydrogen (secondary N) is 2. The van der Waals surface area contributed by atoms with Crippen LogP contribution < -0.4 is 10.6 Å². The molecule has 150 valence electrons. The molecule has 0 saturated carbocycles. The SMILES string of the molecule is CCNCC1CCN(C(=O)Cc2csc(NC(=O)C(C)C)n2)CC1.Cl.Cl. The van der Waals surface area contributed by atoms with E-state index in [2.05, 4.69) is 22.5 Å². The van der Waals surface area contributed by atoms with Crippen molar-refractivity contribution >= 4 is 53.1 Å². The van der Waals surface area contributed by atoms with Crippen molar-refractivity contribution in [3.63, 3.8) is 0 Å². The van der Waals surface area contributed by atoms with E-state index in [1.807, 2.05) is 24.1 Å². The molecule has 9 heteroatoms. The average Bonchev–Trinajstić information content (AvgIpc) is 3.00. The molecular weight excluding hydrogens is 395 g/mol. The summed E-state index contributed by atoms with van der Waals surface area (Å²) in [5.74, 6) is 0.669. The molecule has 0 atom stereocenters. The van der Waals surface area contributed by atoms with E-state index in [9.17, 15) is 9.59 Å². The summed E-state index contributed by atoms with van der Waals surface area (Å²) in [5, 5.41) is 8.58. The zero-order valence-corrected chi connectivity index (χ0v) is 18.1. The number of hydrogen-bond acceptors (Lipinski definition) is 5. The van der Waals surface area contributed by atoms with Crippen LogP contribution in [0.2, 0.25) is 0 Å². The van der Waals surface area contributed by atoms with Gasteiger partial charge in [0.1, 0.15) is 0 Å². The molecule has 6 nitrogen and oxygen atoms in total. The van der Waals surface area contributed by atoms with Crippen LogP contribution in [0.15, 0.2) is 5.38 Å². The van der Waals surface area contributed by atoms with Gasteiger partial charge in [-0.05, 0) is 31.8 Å². The summed E-state index contributed by atoms with van der Waals surface area (Å²) < 4.78 is 0. The van der Waals surface area contributed by atoms with Crippen molar-refractivity contribution in [2.24, 2.45) is 11.8 Å². The van der Waals surface area contributed by atoms with E-state index in [1.54, 1.807) is 0 Å². The van der Waals surface area contributed by atoms with Crippen LogP contribution in [0.1, 0.15) is 39.3 Å². The Bertz CT molecular complexity index is 561. The van der Waals surface area contributed by atoms with Crippen LogP contribution in [-0.4, -0.2) is 47.9 Å².